The van der Waals surface area contributed by atoms with Gasteiger partial charge in [0.15, 0.2) is 17.5 Å². The molecule has 4 amide bonds. The average molecular weight is 546 g/mol. The van der Waals surface area contributed by atoms with Crippen LogP contribution in [-0.2, 0) is 34.3 Å². The van der Waals surface area contributed by atoms with E-state index in [1.807, 2.05) is 0 Å². The van der Waals surface area contributed by atoms with Gasteiger partial charge in [0.1, 0.15) is 24.4 Å². The van der Waals surface area contributed by atoms with Crippen molar-refractivity contribution < 1.29 is 72.7 Å². The van der Waals surface area contributed by atoms with Gasteiger partial charge in [0, 0.05) is 18.5 Å². The minimum atomic E-state index is -5.01. The molecule has 19 heteroatoms. The van der Waals surface area contributed by atoms with Crippen molar-refractivity contribution in [1.82, 2.24) is 19.5 Å². The number of hydrogen-bond donors (Lipinski definition) is 4. The Labute approximate surface area is 227 Å². The molecule has 1 aliphatic rings. The molecule has 6 N–H and O–H groups in total. The molecular weight excluding hydrogens is 521 g/mol. The zero-order valence-electron chi connectivity index (χ0n) is 20.0. The Morgan fingerprint density at radius 1 is 1.37 bits per heavy atom. The predicted molar refractivity (Wildman–Crippen MR) is 118 cm³/mol. The molecule has 2 heterocycles. The van der Waals surface area contributed by atoms with Crippen LogP contribution in [0.1, 0.15) is 21.0 Å². The predicted octanol–water partition coefficient (Wildman–Crippen LogP) is -4.98. The number of amides is 4. The van der Waals surface area contributed by atoms with Crippen LogP contribution in [0.25, 0.3) is 0 Å². The van der Waals surface area contributed by atoms with Crippen LogP contribution >= 0.6 is 11.3 Å². The topological polar surface area (TPSA) is 237 Å². The fourth-order valence-corrected chi connectivity index (χ4v) is 4.34. The van der Waals surface area contributed by atoms with Crippen molar-refractivity contribution >= 4 is 56.3 Å². The first-order chi connectivity index (χ1) is 15.9. The minimum absolute atomic E-state index is 0. The number of oxime groups is 1. The molecule has 1 fully saturated rings. The Balaban J connectivity index is 0.00000612. The second kappa shape index (κ2) is 13.0. The standard InChI is InChI=1S/C16H23N7O9S2.Na.H/c1-3-22(4-2)10(24)6-32-21-11(8-7-33-15(17)19-8)13(25)20-12-9(5-31-16(18)27)23(14(12)26)34(28,29)30;;/h7,9,12H,3-6H2,1-2H3,(H2,17,19)(H2,18,27)(H,20,25)(H,28,29,30);;/q;+1;-1/t9-,12+;;/m1../s1. The fourth-order valence-electron chi connectivity index (χ4n) is 2.92. The zero-order chi connectivity index (χ0) is 25.6. The Morgan fingerprint density at radius 3 is 2.49 bits per heavy atom. The van der Waals surface area contributed by atoms with E-state index in [9.17, 15) is 32.1 Å². The number of thiazole rings is 1. The van der Waals surface area contributed by atoms with E-state index in [1.54, 1.807) is 13.8 Å². The van der Waals surface area contributed by atoms with Crippen LogP contribution in [-0.4, -0.2) is 95.1 Å². The number of nitrogens with zero attached hydrogens (tertiary/aromatic N) is 4. The summed E-state index contributed by atoms with van der Waals surface area (Å²) >= 11 is 0.973. The van der Waals surface area contributed by atoms with Crippen molar-refractivity contribution in [3.63, 3.8) is 0 Å². The summed E-state index contributed by atoms with van der Waals surface area (Å²) in [6, 6.07) is -3.02. The number of nitrogen functional groups attached to an aromatic ring is 1. The van der Waals surface area contributed by atoms with E-state index in [0.717, 1.165) is 11.3 Å². The number of likely N-dealkylation sites (N-methyl/N-ethyl adjacent to an activating group) is 1. The van der Waals surface area contributed by atoms with Gasteiger partial charge in [0.2, 0.25) is 0 Å². The molecule has 16 nitrogen and oxygen atoms in total. The van der Waals surface area contributed by atoms with Crippen LogP contribution in [0.4, 0.5) is 9.93 Å². The second-order valence-electron chi connectivity index (χ2n) is 6.61. The Kier molecular flexibility index (Phi) is 11.3. The number of hydrogen-bond acceptors (Lipinski definition) is 12. The number of nitrogens with one attached hydrogen (secondary N) is 1. The second-order valence-corrected chi connectivity index (χ2v) is 8.79. The smallest absolute Gasteiger partial charge is 1.00 e. The summed E-state index contributed by atoms with van der Waals surface area (Å²) in [5.74, 6) is -2.64. The Hall–Kier alpha value is -2.51. The summed E-state index contributed by atoms with van der Waals surface area (Å²) in [5.41, 5.74) is 9.93. The van der Waals surface area contributed by atoms with Crippen molar-refractivity contribution in [3.8, 4) is 0 Å². The van der Waals surface area contributed by atoms with Crippen molar-refractivity contribution in [3.05, 3.63) is 11.1 Å². The largest absolute Gasteiger partial charge is 1.00 e. The van der Waals surface area contributed by atoms with Gasteiger partial charge in [-0.25, -0.2) is 14.1 Å². The van der Waals surface area contributed by atoms with Gasteiger partial charge in [0.25, 0.3) is 17.7 Å². The Morgan fingerprint density at radius 2 is 2.00 bits per heavy atom. The van der Waals surface area contributed by atoms with Crippen LogP contribution in [0.15, 0.2) is 10.5 Å². The van der Waals surface area contributed by atoms with Crippen molar-refractivity contribution in [2.45, 2.75) is 25.9 Å². The molecule has 1 aliphatic heterocycles. The van der Waals surface area contributed by atoms with E-state index in [0.29, 0.717) is 13.1 Å². The maximum atomic E-state index is 12.9. The zero-order valence-corrected chi connectivity index (χ0v) is 22.7. The van der Waals surface area contributed by atoms with Crippen LogP contribution in [0, 0.1) is 0 Å². The molecule has 1 saturated heterocycles. The van der Waals surface area contributed by atoms with E-state index in [4.69, 9.17) is 16.3 Å². The van der Waals surface area contributed by atoms with Gasteiger partial charge in [-0.3, -0.25) is 18.9 Å². The van der Waals surface area contributed by atoms with Gasteiger partial charge in [-0.1, -0.05) is 5.16 Å². The van der Waals surface area contributed by atoms with Crippen molar-refractivity contribution in [1.29, 1.82) is 0 Å². The summed E-state index contributed by atoms with van der Waals surface area (Å²) in [5, 5.41) is 7.31. The molecule has 35 heavy (non-hydrogen) atoms. The molecule has 1 aromatic rings. The van der Waals surface area contributed by atoms with Gasteiger partial charge in [-0.15, -0.1) is 11.3 Å². The summed E-state index contributed by atoms with van der Waals surface area (Å²) in [6.45, 7) is 3.17. The molecule has 0 bridgehead atoms. The van der Waals surface area contributed by atoms with Gasteiger partial charge >= 0.3 is 46.0 Å². The van der Waals surface area contributed by atoms with Gasteiger partial charge in [-0.2, -0.15) is 8.42 Å². The minimum Gasteiger partial charge on any atom is -1.00 e. The van der Waals surface area contributed by atoms with Crippen LogP contribution < -0.4 is 46.3 Å². The van der Waals surface area contributed by atoms with Gasteiger partial charge in [0.05, 0.1) is 0 Å². The maximum Gasteiger partial charge on any atom is 1.00 e. The van der Waals surface area contributed by atoms with Crippen LogP contribution in [0.2, 0.25) is 0 Å². The van der Waals surface area contributed by atoms with Crippen molar-refractivity contribution in [2.24, 2.45) is 10.9 Å². The van der Waals surface area contributed by atoms with E-state index >= 15 is 0 Å². The van der Waals surface area contributed by atoms with Gasteiger partial charge < -0.3 is 32.7 Å². The molecular formula is C16H24N7NaO9S2. The average Bonchev–Trinajstić information content (AvgIpc) is 3.17. The van der Waals surface area contributed by atoms with E-state index in [2.05, 4.69) is 20.2 Å². The van der Waals surface area contributed by atoms with Gasteiger partial charge in [-0.05, 0) is 13.8 Å². The third-order valence-electron chi connectivity index (χ3n) is 4.54. The SMILES string of the molecule is CCN(CC)C(=O)CON=C(C(=O)N[C@@H]1C(=O)N(S(=O)(=O)O)[C@@H]1COC(N)=O)c1csc(N)n1.[H-].[Na+]. The monoisotopic (exact) mass is 545 g/mol. The van der Waals surface area contributed by atoms with E-state index < -0.39 is 65.1 Å². The quantitative estimate of drug-likeness (QED) is 0.0675. The molecule has 0 saturated carbocycles. The number of β-lactam (4-membered cyclic amide) rings is 1. The molecule has 0 aromatic carbocycles. The summed E-state index contributed by atoms with van der Waals surface area (Å²) in [6.07, 6.45) is -1.27. The van der Waals surface area contributed by atoms with E-state index in [-0.39, 0.29) is 46.1 Å². The number of anilines is 1. The molecule has 190 valence electrons. The summed E-state index contributed by atoms with van der Waals surface area (Å²) < 4.78 is 36.7. The molecule has 0 aliphatic carbocycles. The molecule has 1 aromatic heterocycles. The first-order valence-electron chi connectivity index (χ1n) is 9.63. The Bertz CT molecular complexity index is 1100. The van der Waals surface area contributed by atoms with Crippen molar-refractivity contribution in [2.75, 3.05) is 32.0 Å². The molecule has 0 unspecified atom stereocenters. The number of primary amides is 1. The third-order valence-corrected chi connectivity index (χ3v) is 6.16. The van der Waals surface area contributed by atoms with E-state index in [1.165, 1.54) is 10.3 Å². The number of carbonyl (C=O) groups excluding carboxylic acids is 4. The molecule has 0 radical (unpaired) electrons. The number of aromatic nitrogens is 1. The molecule has 2 atom stereocenters. The number of nitrogens with two attached hydrogens (primary N) is 2. The maximum absolute atomic E-state index is 12.9. The number of carbonyl (C=O) groups is 4. The normalized spacial score (nSPS) is 17.6. The summed E-state index contributed by atoms with van der Waals surface area (Å²) in [4.78, 5) is 58.5. The molecule has 2 rings (SSSR count). The number of ether oxygens (including phenoxy) is 1. The first-order valence-corrected chi connectivity index (χ1v) is 11.9. The van der Waals surface area contributed by atoms with Crippen LogP contribution in [0.5, 0.6) is 0 Å². The molecule has 0 spiro atoms. The fraction of sp³-hybridized carbons (Fsp3) is 0.500. The van der Waals surface area contributed by atoms with Crippen LogP contribution in [0.3, 0.4) is 0 Å². The summed E-state index contributed by atoms with van der Waals surface area (Å²) in [7, 11) is -5.01. The number of rotatable bonds is 11. The third kappa shape index (κ3) is 7.74. The first kappa shape index (κ1) is 30.5.